The number of fused-ring (bicyclic) bond motifs is 5. The molecule has 0 aromatic carbocycles. The van der Waals surface area contributed by atoms with Crippen molar-refractivity contribution in [3.63, 3.8) is 0 Å². The van der Waals surface area contributed by atoms with Gasteiger partial charge in [0.25, 0.3) is 0 Å². The van der Waals surface area contributed by atoms with Crippen LogP contribution in [0.3, 0.4) is 0 Å². The van der Waals surface area contributed by atoms with E-state index in [9.17, 15) is 9.59 Å². The Morgan fingerprint density at radius 2 is 1.81 bits per heavy atom. The molecule has 8 atom stereocenters. The Bertz CT molecular complexity index is 830. The summed E-state index contributed by atoms with van der Waals surface area (Å²) in [6, 6.07) is 0. The number of rotatable bonds is 11. The molecule has 0 radical (unpaired) electrons. The zero-order valence-electron chi connectivity index (χ0n) is 23.7. The first-order chi connectivity index (χ1) is 17.1. The normalized spacial score (nSPS) is 38.6. The summed E-state index contributed by atoms with van der Waals surface area (Å²) < 4.78 is 6.13. The monoisotopic (exact) mass is 500 g/mol. The minimum atomic E-state index is -1.33. The molecule has 0 spiro atoms. The first-order valence-electron chi connectivity index (χ1n) is 15.1. The molecule has 0 bridgehead atoms. The minimum Gasteiger partial charge on any atom is -0.476 e. The summed E-state index contributed by atoms with van der Waals surface area (Å²) in [6.07, 6.45) is 17.8. The third-order valence-electron chi connectivity index (χ3n) is 11.4. The summed E-state index contributed by atoms with van der Waals surface area (Å²) in [5, 5.41) is 8.75. The number of carboxylic acid groups (broad SMARTS) is 1. The fraction of sp³-hybridized carbons (Fsp3) is 0.875. The molecule has 0 heterocycles. The molecule has 0 saturated heterocycles. The number of aliphatic carboxylic acids is 1. The lowest BCUT2D eigenvalue weighted by atomic mass is 9.47. The van der Waals surface area contributed by atoms with E-state index in [2.05, 4.69) is 40.7 Å². The number of hydrogen-bond donors (Lipinski definition) is 1. The van der Waals surface area contributed by atoms with Crippen LogP contribution in [0, 0.1) is 46.3 Å². The maximum atomic E-state index is 11.3. The van der Waals surface area contributed by atoms with Gasteiger partial charge in [0.05, 0.1) is 6.10 Å². The van der Waals surface area contributed by atoms with Gasteiger partial charge in [0.1, 0.15) is 0 Å². The van der Waals surface area contributed by atoms with Crippen molar-refractivity contribution in [1.29, 1.82) is 0 Å². The van der Waals surface area contributed by atoms with Gasteiger partial charge in [-0.2, -0.15) is 0 Å². The van der Waals surface area contributed by atoms with Gasteiger partial charge in [-0.1, -0.05) is 65.5 Å². The molecule has 1 N–H and O–H groups in total. The Morgan fingerprint density at radius 3 is 2.53 bits per heavy atom. The third-order valence-corrected chi connectivity index (χ3v) is 11.4. The lowest BCUT2D eigenvalue weighted by Crippen LogP contribution is -2.51. The molecule has 4 nitrogen and oxygen atoms in total. The highest BCUT2D eigenvalue weighted by Gasteiger charge is 2.59. The number of hydrogen-bond acceptors (Lipinski definition) is 3. The van der Waals surface area contributed by atoms with Gasteiger partial charge in [0.2, 0.25) is 5.78 Å². The average molecular weight is 501 g/mol. The van der Waals surface area contributed by atoms with E-state index in [1.54, 1.807) is 5.57 Å². The van der Waals surface area contributed by atoms with Crippen LogP contribution in [-0.4, -0.2) is 29.6 Å². The first kappa shape index (κ1) is 27.9. The van der Waals surface area contributed by atoms with Crippen molar-refractivity contribution >= 4 is 11.8 Å². The molecule has 4 rings (SSSR count). The maximum Gasteiger partial charge on any atom is 0.372 e. The van der Waals surface area contributed by atoms with Gasteiger partial charge in [0.15, 0.2) is 0 Å². The zero-order valence-corrected chi connectivity index (χ0v) is 23.7. The number of allylic oxidation sites excluding steroid dienone is 1. The second-order valence-electron chi connectivity index (χ2n) is 13.9. The van der Waals surface area contributed by atoms with E-state index in [0.29, 0.717) is 23.9 Å². The molecule has 3 saturated carbocycles. The van der Waals surface area contributed by atoms with Crippen LogP contribution in [-0.2, 0) is 14.3 Å². The first-order valence-corrected chi connectivity index (χ1v) is 15.1. The molecule has 0 amide bonds. The smallest absolute Gasteiger partial charge is 0.372 e. The highest BCUT2D eigenvalue weighted by atomic mass is 16.5. The van der Waals surface area contributed by atoms with Gasteiger partial charge < -0.3 is 9.84 Å². The molecule has 0 aliphatic heterocycles. The molecule has 204 valence electrons. The number of carbonyl (C=O) groups excluding carboxylic acids is 1. The highest BCUT2D eigenvalue weighted by Crippen LogP contribution is 2.67. The van der Waals surface area contributed by atoms with Crippen molar-refractivity contribution in [2.75, 3.05) is 6.61 Å². The van der Waals surface area contributed by atoms with E-state index in [1.807, 2.05) is 0 Å². The number of ketones is 1. The second-order valence-corrected chi connectivity index (χ2v) is 13.9. The van der Waals surface area contributed by atoms with Gasteiger partial charge in [-0.05, 0) is 104 Å². The predicted octanol–water partition coefficient (Wildman–Crippen LogP) is 7.85. The summed E-state index contributed by atoms with van der Waals surface area (Å²) in [5.74, 6) is 3.12. The fourth-order valence-electron chi connectivity index (χ4n) is 9.38. The Labute approximate surface area is 220 Å². The Balaban J connectivity index is 1.35. The summed E-state index contributed by atoms with van der Waals surface area (Å²) in [6.45, 7) is 13.0. The molecule has 3 fully saturated rings. The van der Waals surface area contributed by atoms with Crippen molar-refractivity contribution in [1.82, 2.24) is 0 Å². The van der Waals surface area contributed by atoms with Crippen LogP contribution in [0.5, 0.6) is 0 Å². The molecule has 0 unspecified atom stereocenters. The van der Waals surface area contributed by atoms with Crippen LogP contribution in [0.15, 0.2) is 11.6 Å². The molecular weight excluding hydrogens is 448 g/mol. The summed E-state index contributed by atoms with van der Waals surface area (Å²) in [5.41, 5.74) is 2.49. The molecule has 36 heavy (non-hydrogen) atoms. The van der Waals surface area contributed by atoms with E-state index >= 15 is 0 Å². The Hall–Kier alpha value is -1.16. The lowest BCUT2D eigenvalue weighted by molar-refractivity contribution is -0.149. The van der Waals surface area contributed by atoms with Crippen LogP contribution in [0.1, 0.15) is 118 Å². The van der Waals surface area contributed by atoms with E-state index in [-0.39, 0.29) is 12.5 Å². The molecule has 4 aliphatic rings. The topological polar surface area (TPSA) is 63.6 Å². The molecule has 0 aromatic heterocycles. The third kappa shape index (κ3) is 5.49. The van der Waals surface area contributed by atoms with Crippen molar-refractivity contribution in [3.05, 3.63) is 11.6 Å². The second kappa shape index (κ2) is 11.3. The van der Waals surface area contributed by atoms with Crippen LogP contribution in [0.4, 0.5) is 0 Å². The summed E-state index contributed by atoms with van der Waals surface area (Å²) >= 11 is 0. The van der Waals surface area contributed by atoms with E-state index in [4.69, 9.17) is 9.84 Å². The molecule has 4 aliphatic carbocycles. The van der Waals surface area contributed by atoms with Gasteiger partial charge >= 0.3 is 5.97 Å². The summed E-state index contributed by atoms with van der Waals surface area (Å²) in [7, 11) is 0. The number of Topliss-reactive ketones (excluding diaryl/α,β-unsaturated/α-hetero) is 1. The molecule has 0 aromatic rings. The molecule has 4 heteroatoms. The van der Waals surface area contributed by atoms with Crippen LogP contribution >= 0.6 is 0 Å². The van der Waals surface area contributed by atoms with Crippen molar-refractivity contribution in [2.24, 2.45) is 46.3 Å². The predicted molar refractivity (Wildman–Crippen MR) is 145 cm³/mol. The Morgan fingerprint density at radius 1 is 1.03 bits per heavy atom. The van der Waals surface area contributed by atoms with E-state index in [1.165, 1.54) is 57.8 Å². The van der Waals surface area contributed by atoms with Gasteiger partial charge in [-0.25, -0.2) is 4.79 Å². The quantitative estimate of drug-likeness (QED) is 0.178. The van der Waals surface area contributed by atoms with Gasteiger partial charge in [-0.15, -0.1) is 0 Å². The van der Waals surface area contributed by atoms with E-state index < -0.39 is 11.8 Å². The van der Waals surface area contributed by atoms with Crippen LogP contribution in [0.25, 0.3) is 0 Å². The van der Waals surface area contributed by atoms with Crippen molar-refractivity contribution in [3.8, 4) is 0 Å². The largest absolute Gasteiger partial charge is 0.476 e. The standard InChI is InChI=1S/C32H52O4/c1-21(2)8-6-9-22(3)26-13-14-27-25-12-11-23-20-24(36-19-7-10-29(33)30(34)35)15-17-31(23,4)28(25)16-18-32(26,27)5/h11,21-22,24-28H,6-10,12-20H2,1-5H3,(H,34,35)/t22-,24+,25+,26-,27+,28+,31+,32-/m1/s1. The Kier molecular flexibility index (Phi) is 8.74. The zero-order chi connectivity index (χ0) is 26.1. The van der Waals surface area contributed by atoms with Crippen molar-refractivity contribution in [2.45, 2.75) is 124 Å². The number of ether oxygens (including phenoxy) is 1. The minimum absolute atomic E-state index is 0.0731. The molecular formula is C32H52O4. The maximum absolute atomic E-state index is 11.3. The van der Waals surface area contributed by atoms with Gasteiger partial charge in [-0.3, -0.25) is 4.79 Å². The lowest BCUT2D eigenvalue weighted by Gasteiger charge is -2.58. The number of carbonyl (C=O) groups is 2. The van der Waals surface area contributed by atoms with Crippen molar-refractivity contribution < 1.29 is 19.4 Å². The van der Waals surface area contributed by atoms with Crippen LogP contribution in [0.2, 0.25) is 0 Å². The van der Waals surface area contributed by atoms with E-state index in [0.717, 1.165) is 48.3 Å². The SMILES string of the molecule is CC(C)CCC[C@@H](C)[C@H]1CC[C@H]2[C@@H]3CC=C4C[C@@H](OCCCC(=O)C(=O)O)CC[C@]4(C)[C@H]3CC[C@]12C. The fourth-order valence-corrected chi connectivity index (χ4v) is 9.38. The summed E-state index contributed by atoms with van der Waals surface area (Å²) in [4.78, 5) is 22.0. The average Bonchev–Trinajstić information content (AvgIpc) is 3.18. The van der Waals surface area contributed by atoms with Gasteiger partial charge in [0, 0.05) is 13.0 Å². The van der Waals surface area contributed by atoms with Crippen LogP contribution < -0.4 is 0 Å². The highest BCUT2D eigenvalue weighted by molar-refractivity contribution is 6.32. The number of carboxylic acids is 1.